The number of ether oxygens (including phenoxy) is 2. The van der Waals surface area contributed by atoms with E-state index in [0.29, 0.717) is 16.5 Å². The number of carbonyl (C=O) groups excluding carboxylic acids is 1. The molecule has 16 nitrogen and oxygen atoms in total. The van der Waals surface area contributed by atoms with Gasteiger partial charge in [0.05, 0.1) is 24.2 Å². The highest BCUT2D eigenvalue weighted by Crippen LogP contribution is 2.50. The first kappa shape index (κ1) is 34.1. The molecular weight excluding hydrogens is 601 g/mol. The van der Waals surface area contributed by atoms with Gasteiger partial charge < -0.3 is 20.3 Å². The fourth-order valence-electron chi connectivity index (χ4n) is 3.73. The van der Waals surface area contributed by atoms with Crippen molar-refractivity contribution in [1.29, 1.82) is 0 Å². The molecule has 1 aromatic carbocycles. The maximum absolute atomic E-state index is 15.0. The summed E-state index contributed by atoms with van der Waals surface area (Å²) in [4.78, 5) is 41.8. The Labute approximate surface area is 244 Å². The number of hydrogen-bond acceptors (Lipinski definition) is 13. The van der Waals surface area contributed by atoms with Gasteiger partial charge in [0.1, 0.15) is 18.5 Å². The number of aliphatic hydroxyl groups is 1. The lowest BCUT2D eigenvalue weighted by Gasteiger charge is -2.27. The summed E-state index contributed by atoms with van der Waals surface area (Å²) in [6.45, 7) is 7.26. The number of aromatic nitrogens is 3. The van der Waals surface area contributed by atoms with E-state index in [1.165, 1.54) is 38.1 Å². The van der Waals surface area contributed by atoms with Crippen LogP contribution in [-0.4, -0.2) is 67.9 Å². The Balaban J connectivity index is 1.82. The number of nitro benzene ring substituents is 1. The van der Waals surface area contributed by atoms with E-state index in [4.69, 9.17) is 24.3 Å². The van der Waals surface area contributed by atoms with Gasteiger partial charge in [-0.05, 0) is 37.0 Å². The van der Waals surface area contributed by atoms with Gasteiger partial charge in [-0.15, -0.1) is 0 Å². The third-order valence-corrected chi connectivity index (χ3v) is 7.80. The van der Waals surface area contributed by atoms with Crippen LogP contribution in [0, 0.1) is 15.5 Å². The highest BCUT2D eigenvalue weighted by atomic mass is 31.2. The third kappa shape index (κ3) is 8.58. The molecule has 1 aromatic heterocycles. The molecule has 0 bridgehead atoms. The van der Waals surface area contributed by atoms with Crippen LogP contribution >= 0.6 is 7.75 Å². The minimum Gasteiger partial charge on any atom is -0.464 e. The van der Waals surface area contributed by atoms with Crippen molar-refractivity contribution < 1.29 is 46.7 Å². The van der Waals surface area contributed by atoms with Crippen LogP contribution in [0.25, 0.3) is 0 Å². The first-order valence-electron chi connectivity index (χ1n) is 12.9. The van der Waals surface area contributed by atoms with E-state index >= 15 is 0 Å². The van der Waals surface area contributed by atoms with Crippen LogP contribution in [0.15, 0.2) is 35.4 Å². The monoisotopic (exact) mass is 634 g/mol. The molecule has 1 saturated heterocycles. The molecule has 0 radical (unpaired) electrons. The van der Waals surface area contributed by atoms with Gasteiger partial charge >= 0.3 is 25.3 Å². The van der Waals surface area contributed by atoms with Crippen molar-refractivity contribution in [3.63, 3.8) is 0 Å². The first-order valence-corrected chi connectivity index (χ1v) is 14.4. The van der Waals surface area contributed by atoms with Gasteiger partial charge in [0.2, 0.25) is 12.2 Å². The number of rotatable bonds is 12. The molecule has 2 heterocycles. The van der Waals surface area contributed by atoms with Gasteiger partial charge in [-0.3, -0.25) is 24.0 Å². The largest absolute Gasteiger partial charge is 0.464 e. The molecule has 1 aliphatic rings. The number of hydrogen-bond donors (Lipinski definition) is 3. The molecule has 238 valence electrons. The van der Waals surface area contributed by atoms with E-state index in [9.17, 15) is 38.2 Å². The summed E-state index contributed by atoms with van der Waals surface area (Å²) < 4.78 is 65.5. The molecule has 3 unspecified atom stereocenters. The van der Waals surface area contributed by atoms with Crippen molar-refractivity contribution in [2.75, 3.05) is 18.9 Å². The Morgan fingerprint density at radius 1 is 1.33 bits per heavy atom. The second-order valence-electron chi connectivity index (χ2n) is 11.0. The average Bonchev–Trinajstić information content (AvgIpc) is 3.13. The number of carbonyl (C=O) groups is 1. The lowest BCUT2D eigenvalue weighted by Crippen LogP contribution is -2.42. The summed E-state index contributed by atoms with van der Waals surface area (Å²) in [6.07, 6.45) is -7.14. The predicted octanol–water partition coefficient (Wildman–Crippen LogP) is 2.49. The number of alkyl halides is 2. The number of benzene rings is 1. The van der Waals surface area contributed by atoms with Gasteiger partial charge in [-0.1, -0.05) is 20.8 Å². The van der Waals surface area contributed by atoms with Crippen molar-refractivity contribution in [2.24, 2.45) is 5.41 Å². The highest BCUT2D eigenvalue weighted by Gasteiger charge is 2.60. The fraction of sp³-hybridized carbons (Fsp3) is 0.583. The van der Waals surface area contributed by atoms with Crippen molar-refractivity contribution in [2.45, 2.75) is 71.1 Å². The summed E-state index contributed by atoms with van der Waals surface area (Å²) in [6, 6.07) is 3.78. The Kier molecular flexibility index (Phi) is 10.4. The normalized spacial score (nSPS) is 22.8. The van der Waals surface area contributed by atoms with E-state index in [1.807, 2.05) is 20.8 Å². The molecular formula is C24H33F2N6O10P. The second kappa shape index (κ2) is 13.1. The van der Waals surface area contributed by atoms with Crippen molar-refractivity contribution in [3.8, 4) is 0 Å². The lowest BCUT2D eigenvalue weighted by molar-refractivity contribution is -0.384. The van der Waals surface area contributed by atoms with Gasteiger partial charge in [0, 0.05) is 12.1 Å². The van der Waals surface area contributed by atoms with Crippen LogP contribution in [0.5, 0.6) is 0 Å². The quantitative estimate of drug-likeness (QED) is 0.132. The maximum atomic E-state index is 15.0. The number of esters is 1. The van der Waals surface area contributed by atoms with Crippen molar-refractivity contribution in [1.82, 2.24) is 19.6 Å². The lowest BCUT2D eigenvalue weighted by atomic mass is 9.99. The molecule has 6 atom stereocenters. The molecule has 19 heteroatoms. The smallest absolute Gasteiger partial charge is 0.406 e. The van der Waals surface area contributed by atoms with Gasteiger partial charge in [0.15, 0.2) is 6.10 Å². The Hall–Kier alpha value is -3.41. The molecule has 43 heavy (non-hydrogen) atoms. The maximum Gasteiger partial charge on any atom is 0.406 e. The van der Waals surface area contributed by atoms with Crippen LogP contribution < -0.4 is 16.5 Å². The van der Waals surface area contributed by atoms with Crippen molar-refractivity contribution in [3.05, 3.63) is 56.8 Å². The molecule has 0 saturated carbocycles. The number of non-ortho nitro benzene ring substituents is 1. The minimum absolute atomic E-state index is 0.0237. The number of halogens is 2. The molecule has 1 fully saturated rings. The molecule has 1 aliphatic heterocycles. The van der Waals surface area contributed by atoms with Gasteiger partial charge in [-0.2, -0.15) is 13.8 Å². The van der Waals surface area contributed by atoms with Crippen LogP contribution in [0.1, 0.15) is 52.5 Å². The molecule has 0 amide bonds. The average molecular weight is 635 g/mol. The highest BCUT2D eigenvalue weighted by molar-refractivity contribution is 7.51. The van der Waals surface area contributed by atoms with Crippen LogP contribution in [0.3, 0.4) is 0 Å². The van der Waals surface area contributed by atoms with Crippen LogP contribution in [-0.2, 0) is 27.9 Å². The van der Waals surface area contributed by atoms with Crippen LogP contribution in [0.2, 0.25) is 0 Å². The van der Waals surface area contributed by atoms with Gasteiger partial charge in [0.25, 0.3) is 5.69 Å². The Morgan fingerprint density at radius 3 is 2.51 bits per heavy atom. The number of nitrogens with two attached hydrogens (primary N) is 1. The van der Waals surface area contributed by atoms with E-state index in [-0.39, 0.29) is 17.7 Å². The zero-order valence-corrected chi connectivity index (χ0v) is 24.8. The number of nitrogen functional groups attached to an aromatic ring is 1. The number of aliphatic hydroxyl groups excluding tert-OH is 1. The number of nitro groups is 1. The zero-order valence-electron chi connectivity index (χ0n) is 23.9. The standard InChI is InChI=1S/C24H33F2N6O10P/c1-13(19(34)39-11-23(3,4)5)30-43(38,42-14(2)15-6-8-16(9-7-15)32(36)37)40-10-17-18(33)24(25,26)20(41-17)31-12-28-21(27)29-22(31)35/h6-9,12-14,17-18,20,33H,10-11H2,1-5H3,(H,30,38)(H2,27,29,35)/t13-,14?,17?,18-,20+,43?/m0/s1. The number of nitrogens with one attached hydrogen (secondary N) is 1. The first-order chi connectivity index (χ1) is 19.8. The summed E-state index contributed by atoms with van der Waals surface area (Å²) in [5.74, 6) is -5.34. The Morgan fingerprint density at radius 2 is 1.95 bits per heavy atom. The molecule has 4 N–H and O–H groups in total. The van der Waals surface area contributed by atoms with Crippen LogP contribution in [0.4, 0.5) is 20.4 Å². The number of nitrogens with zero attached hydrogens (tertiary/aromatic N) is 4. The fourth-order valence-corrected chi connectivity index (χ4v) is 5.39. The van der Waals surface area contributed by atoms with Gasteiger partial charge in [-0.25, -0.2) is 24.0 Å². The summed E-state index contributed by atoms with van der Waals surface area (Å²) >= 11 is 0. The van der Waals surface area contributed by atoms with E-state index in [0.717, 1.165) is 0 Å². The topological polar surface area (TPSA) is 220 Å². The summed E-state index contributed by atoms with van der Waals surface area (Å²) in [5.41, 5.74) is 3.81. The van der Waals surface area contributed by atoms with E-state index in [2.05, 4.69) is 15.1 Å². The molecule has 0 aliphatic carbocycles. The Bertz CT molecular complexity index is 1420. The minimum atomic E-state index is -4.61. The summed E-state index contributed by atoms with van der Waals surface area (Å²) in [5, 5.41) is 23.7. The van der Waals surface area contributed by atoms with E-state index in [1.54, 1.807) is 0 Å². The van der Waals surface area contributed by atoms with E-state index < -0.39 is 73.4 Å². The molecule has 0 spiro atoms. The number of anilines is 1. The third-order valence-electron chi connectivity index (χ3n) is 6.01. The zero-order chi connectivity index (χ0) is 32.3. The SMILES string of the molecule is CC(OP(=O)(N[C@@H](C)C(=O)OCC(C)(C)C)OCC1O[C@@H](n2cnc(N)nc2=O)C(F)(F)[C@H]1O)c1ccc([N+](=O)[O-])cc1. The second-order valence-corrected chi connectivity index (χ2v) is 12.7. The summed E-state index contributed by atoms with van der Waals surface area (Å²) in [7, 11) is -4.61. The molecule has 2 aromatic rings. The molecule has 3 rings (SSSR count). The van der Waals surface area contributed by atoms with Crippen molar-refractivity contribution >= 4 is 25.4 Å². The predicted molar refractivity (Wildman–Crippen MR) is 145 cm³/mol.